The van der Waals surface area contributed by atoms with Gasteiger partial charge in [0, 0.05) is 0 Å². The number of rotatable bonds is 1. The van der Waals surface area contributed by atoms with Crippen LogP contribution in [0, 0.1) is 5.41 Å². The van der Waals surface area contributed by atoms with Crippen LogP contribution in [0.15, 0.2) is 18.2 Å². The molecule has 0 heterocycles. The average Bonchev–Trinajstić information content (AvgIpc) is 2.15. The molecule has 1 aromatic carbocycles. The van der Waals surface area contributed by atoms with Crippen molar-refractivity contribution >= 4 is 47.2 Å². The second-order valence-electron chi connectivity index (χ2n) is 2.92. The van der Waals surface area contributed by atoms with Crippen LogP contribution in [0.5, 0.6) is 0 Å². The van der Waals surface area contributed by atoms with Crippen molar-refractivity contribution in [2.24, 2.45) is 11.6 Å². The quantitative estimate of drug-likeness (QED) is 0.230. The van der Waals surface area contributed by atoms with Crippen LogP contribution in [0.4, 0.5) is 18.9 Å². The van der Waals surface area contributed by atoms with E-state index in [1.165, 1.54) is 6.07 Å². The number of benzene rings is 1. The van der Waals surface area contributed by atoms with Crippen LogP contribution in [0.2, 0.25) is 5.02 Å². The highest BCUT2D eigenvalue weighted by Crippen LogP contribution is 2.36. The Labute approximate surface area is 117 Å². The molecule has 0 aliphatic rings. The fraction of sp³-hybridized carbons (Fsp3) is 0.125. The fourth-order valence-electron chi connectivity index (χ4n) is 1.02. The van der Waals surface area contributed by atoms with Gasteiger partial charge in [-0.2, -0.15) is 13.2 Å². The zero-order chi connectivity index (χ0) is 12.5. The Morgan fingerprint density at radius 3 is 2.29 bits per heavy atom. The van der Waals surface area contributed by atoms with Gasteiger partial charge in [0.1, 0.15) is 0 Å². The van der Waals surface area contributed by atoms with Gasteiger partial charge in [0.2, 0.25) is 5.96 Å². The van der Waals surface area contributed by atoms with Crippen molar-refractivity contribution in [2.75, 3.05) is 5.01 Å². The smallest absolute Gasteiger partial charge is 0.369 e. The number of halogens is 5. The number of hydrogen-bond acceptors (Lipinski definition) is 2. The Morgan fingerprint density at radius 1 is 1.35 bits per heavy atom. The Kier molecular flexibility index (Phi) is 5.49. The first kappa shape index (κ1) is 16.3. The molecule has 0 saturated heterocycles. The van der Waals surface area contributed by atoms with E-state index in [1.54, 1.807) is 0 Å². The Morgan fingerprint density at radius 2 is 1.88 bits per heavy atom. The van der Waals surface area contributed by atoms with Crippen molar-refractivity contribution < 1.29 is 13.2 Å². The van der Waals surface area contributed by atoms with Crippen molar-refractivity contribution in [1.29, 1.82) is 5.41 Å². The summed E-state index contributed by atoms with van der Waals surface area (Å²) in [5.74, 6) is 4.70. The van der Waals surface area contributed by atoms with Crippen LogP contribution in [-0.4, -0.2) is 5.96 Å². The van der Waals surface area contributed by atoms with Crippen molar-refractivity contribution in [2.45, 2.75) is 6.18 Å². The molecule has 0 bridgehead atoms. The number of nitrogens with two attached hydrogens (primary N) is 2. The van der Waals surface area contributed by atoms with Gasteiger partial charge in [-0.05, 0) is 18.2 Å². The third-order valence-electron chi connectivity index (χ3n) is 1.79. The van der Waals surface area contributed by atoms with Crippen molar-refractivity contribution in [3.05, 3.63) is 28.8 Å². The predicted molar refractivity (Wildman–Crippen MR) is 70.4 cm³/mol. The summed E-state index contributed by atoms with van der Waals surface area (Å²) in [5.41, 5.74) is 3.94. The van der Waals surface area contributed by atoms with Crippen LogP contribution in [0.1, 0.15) is 5.56 Å². The molecule has 4 nitrogen and oxygen atoms in total. The molecule has 0 unspecified atom stereocenters. The van der Waals surface area contributed by atoms with Gasteiger partial charge in [0.05, 0.1) is 16.3 Å². The molecule has 96 valence electrons. The molecule has 0 aliphatic carbocycles. The highest BCUT2D eigenvalue weighted by atomic mass is 127. The van der Waals surface area contributed by atoms with E-state index in [0.717, 1.165) is 12.1 Å². The summed E-state index contributed by atoms with van der Waals surface area (Å²) in [6, 6.07) is 3.01. The van der Waals surface area contributed by atoms with Gasteiger partial charge in [0.25, 0.3) is 0 Å². The van der Waals surface area contributed by atoms with Gasteiger partial charge in [-0.25, -0.2) is 10.9 Å². The first-order chi connectivity index (χ1) is 7.23. The molecule has 9 heteroatoms. The predicted octanol–water partition coefficient (Wildman–Crippen LogP) is 2.55. The van der Waals surface area contributed by atoms with E-state index in [4.69, 9.17) is 28.6 Å². The van der Waals surface area contributed by atoms with Crippen LogP contribution >= 0.6 is 35.6 Å². The van der Waals surface area contributed by atoms with Gasteiger partial charge < -0.3 is 5.73 Å². The Balaban J connectivity index is 0.00000256. The first-order valence-corrected chi connectivity index (χ1v) is 4.37. The first-order valence-electron chi connectivity index (χ1n) is 3.99. The van der Waals surface area contributed by atoms with Gasteiger partial charge in [-0.15, -0.1) is 24.0 Å². The molecular weight excluding hydrogens is 371 g/mol. The van der Waals surface area contributed by atoms with Crippen molar-refractivity contribution in [3.63, 3.8) is 0 Å². The zero-order valence-corrected chi connectivity index (χ0v) is 11.3. The van der Waals surface area contributed by atoms with Gasteiger partial charge in [-0.3, -0.25) is 5.41 Å². The second kappa shape index (κ2) is 5.74. The molecule has 0 saturated carbocycles. The van der Waals surface area contributed by atoms with Crippen LogP contribution in [-0.2, 0) is 6.18 Å². The minimum Gasteiger partial charge on any atom is -0.369 e. The molecule has 0 atom stereocenters. The number of hydrazine groups is 1. The number of hydrogen-bond donors (Lipinski definition) is 3. The normalized spacial score (nSPS) is 10.6. The number of guanidine groups is 1. The Bertz CT molecular complexity index is 424. The summed E-state index contributed by atoms with van der Waals surface area (Å²) in [5, 5.41) is 7.16. The summed E-state index contributed by atoms with van der Waals surface area (Å²) < 4.78 is 37.4. The van der Waals surface area contributed by atoms with Crippen LogP contribution in [0.3, 0.4) is 0 Å². The minimum absolute atomic E-state index is 0. The SMILES string of the molecule is I.N=C(N)N(N)c1ccc(Cl)c(C(F)(F)F)c1. The molecule has 0 aliphatic heterocycles. The summed E-state index contributed by atoms with van der Waals surface area (Å²) in [6.07, 6.45) is -4.58. The maximum absolute atomic E-state index is 12.5. The van der Waals surface area contributed by atoms with Crippen LogP contribution in [0.25, 0.3) is 0 Å². The maximum Gasteiger partial charge on any atom is 0.417 e. The van der Waals surface area contributed by atoms with E-state index in [1.807, 2.05) is 0 Å². The number of nitrogens with zero attached hydrogens (tertiary/aromatic N) is 1. The minimum atomic E-state index is -4.58. The van der Waals surface area contributed by atoms with Crippen molar-refractivity contribution in [1.82, 2.24) is 0 Å². The molecule has 5 N–H and O–H groups in total. The average molecular weight is 381 g/mol. The summed E-state index contributed by atoms with van der Waals surface area (Å²) in [6.45, 7) is 0. The highest BCUT2D eigenvalue weighted by molar-refractivity contribution is 14.0. The van der Waals surface area contributed by atoms with E-state index >= 15 is 0 Å². The third-order valence-corrected chi connectivity index (χ3v) is 2.12. The third kappa shape index (κ3) is 3.89. The lowest BCUT2D eigenvalue weighted by atomic mass is 10.2. The number of anilines is 1. The molecular formula is C8H9ClF3IN4. The standard InChI is InChI=1S/C8H8ClF3N4.HI/c9-6-2-1-4(16(15)7(13)14)3-5(6)8(10,11)12;/h1-3H,15H2,(H3,13,14);1H. The molecule has 17 heavy (non-hydrogen) atoms. The monoisotopic (exact) mass is 380 g/mol. The molecule has 1 aromatic rings. The van der Waals surface area contributed by atoms with Crippen molar-refractivity contribution in [3.8, 4) is 0 Å². The molecule has 0 fully saturated rings. The van der Waals surface area contributed by atoms with E-state index < -0.39 is 22.7 Å². The summed E-state index contributed by atoms with van der Waals surface area (Å²) in [7, 11) is 0. The lowest BCUT2D eigenvalue weighted by molar-refractivity contribution is -0.137. The summed E-state index contributed by atoms with van der Waals surface area (Å²) in [4.78, 5) is 0. The second-order valence-corrected chi connectivity index (χ2v) is 3.32. The molecule has 1 rings (SSSR count). The van der Waals surface area contributed by atoms with Gasteiger partial charge in [0.15, 0.2) is 0 Å². The topological polar surface area (TPSA) is 79.1 Å². The lowest BCUT2D eigenvalue weighted by Gasteiger charge is -2.18. The molecule has 0 amide bonds. The van der Waals surface area contributed by atoms with Gasteiger partial charge in [-0.1, -0.05) is 11.6 Å². The highest BCUT2D eigenvalue weighted by Gasteiger charge is 2.33. The van der Waals surface area contributed by atoms with Crippen LogP contribution < -0.4 is 16.6 Å². The van der Waals surface area contributed by atoms with E-state index in [-0.39, 0.29) is 29.7 Å². The fourth-order valence-corrected chi connectivity index (χ4v) is 1.24. The lowest BCUT2D eigenvalue weighted by Crippen LogP contribution is -2.42. The van der Waals surface area contributed by atoms with Gasteiger partial charge >= 0.3 is 6.18 Å². The number of nitrogens with one attached hydrogen (secondary N) is 1. The van der Waals surface area contributed by atoms with E-state index in [9.17, 15) is 13.2 Å². The molecule has 0 radical (unpaired) electrons. The molecule has 0 aromatic heterocycles. The molecule has 0 spiro atoms. The zero-order valence-electron chi connectivity index (χ0n) is 8.25. The van der Waals surface area contributed by atoms with E-state index in [0.29, 0.717) is 5.01 Å². The number of alkyl halides is 3. The Hall–Kier alpha value is -0.740. The van der Waals surface area contributed by atoms with E-state index in [2.05, 4.69) is 0 Å². The maximum atomic E-state index is 12.5. The summed E-state index contributed by atoms with van der Waals surface area (Å²) >= 11 is 5.40. The largest absolute Gasteiger partial charge is 0.417 e.